The predicted octanol–water partition coefficient (Wildman–Crippen LogP) is 10.3. The molecule has 3 heteroatoms. The molecule has 0 saturated carbocycles. The molecule has 0 saturated heterocycles. The molecule has 43 heavy (non-hydrogen) atoms. The van der Waals surface area contributed by atoms with Gasteiger partial charge in [0.15, 0.2) is 0 Å². The molecule has 6 aromatic carbocycles. The third-order valence-corrected chi connectivity index (χ3v) is 8.41. The number of hydrogen-bond donors (Lipinski definition) is 0. The van der Waals surface area contributed by atoms with E-state index < -0.39 is 0 Å². The van der Waals surface area contributed by atoms with Crippen LogP contribution in [0.5, 0.6) is 0 Å². The van der Waals surface area contributed by atoms with Crippen molar-refractivity contribution in [1.29, 1.82) is 0 Å². The molecule has 0 aliphatic heterocycles. The van der Waals surface area contributed by atoms with E-state index in [9.17, 15) is 0 Å². The zero-order chi connectivity index (χ0) is 28.8. The Morgan fingerprint density at radius 3 is 1.79 bits per heavy atom. The first kappa shape index (κ1) is 25.2. The molecule has 0 aliphatic carbocycles. The molecule has 8 aromatic rings. The zero-order valence-corrected chi connectivity index (χ0v) is 23.9. The number of hydrogen-bond acceptors (Lipinski definition) is 2. The quantitative estimate of drug-likeness (QED) is 0.199. The van der Waals surface area contributed by atoms with Crippen molar-refractivity contribution in [3.63, 3.8) is 0 Å². The van der Waals surface area contributed by atoms with Crippen LogP contribution in [0.2, 0.25) is 0 Å². The normalized spacial score (nSPS) is 11.5. The van der Waals surface area contributed by atoms with Gasteiger partial charge in [-0.2, -0.15) is 0 Å². The molecule has 0 radical (unpaired) electrons. The van der Waals surface area contributed by atoms with E-state index >= 15 is 0 Å². The molecule has 0 aliphatic rings. The van der Waals surface area contributed by atoms with Crippen LogP contribution in [-0.4, -0.2) is 14.5 Å². The lowest BCUT2D eigenvalue weighted by molar-refractivity contribution is 0.908. The van der Waals surface area contributed by atoms with Crippen molar-refractivity contribution in [2.45, 2.75) is 13.3 Å². The van der Waals surface area contributed by atoms with Crippen molar-refractivity contribution in [2.24, 2.45) is 0 Å². The van der Waals surface area contributed by atoms with Crippen molar-refractivity contribution in [3.05, 3.63) is 152 Å². The van der Waals surface area contributed by atoms with Crippen molar-refractivity contribution in [1.82, 2.24) is 14.5 Å². The van der Waals surface area contributed by atoms with E-state index in [2.05, 4.69) is 144 Å². The highest BCUT2D eigenvalue weighted by Gasteiger charge is 2.18. The highest BCUT2D eigenvalue weighted by atomic mass is 15.1. The predicted molar refractivity (Wildman–Crippen MR) is 180 cm³/mol. The number of imidazole rings is 1. The van der Waals surface area contributed by atoms with Crippen molar-refractivity contribution >= 4 is 32.6 Å². The number of nitrogens with zero attached hydrogens (tertiary/aromatic N) is 3. The fraction of sp³-hybridized carbons (Fsp3) is 0.0500. The van der Waals surface area contributed by atoms with E-state index in [0.717, 1.165) is 40.2 Å². The van der Waals surface area contributed by atoms with E-state index in [0.29, 0.717) is 0 Å². The molecule has 0 amide bonds. The van der Waals surface area contributed by atoms with Crippen molar-refractivity contribution in [2.75, 3.05) is 0 Å². The van der Waals surface area contributed by atoms with Gasteiger partial charge in [0.25, 0.3) is 0 Å². The summed E-state index contributed by atoms with van der Waals surface area (Å²) >= 11 is 0. The Hall–Kier alpha value is -5.54. The Morgan fingerprint density at radius 2 is 1.14 bits per heavy atom. The van der Waals surface area contributed by atoms with E-state index in [1.807, 2.05) is 18.3 Å². The first-order chi connectivity index (χ1) is 21.3. The maximum absolute atomic E-state index is 4.94. The van der Waals surface area contributed by atoms with Crippen LogP contribution >= 0.6 is 0 Å². The van der Waals surface area contributed by atoms with Crippen LogP contribution in [-0.2, 0) is 6.42 Å². The minimum atomic E-state index is 0.860. The van der Waals surface area contributed by atoms with E-state index in [-0.39, 0.29) is 0 Å². The number of aromatic nitrogens is 3. The van der Waals surface area contributed by atoms with Gasteiger partial charge < -0.3 is 0 Å². The fourth-order valence-corrected chi connectivity index (χ4v) is 6.49. The monoisotopic (exact) mass is 551 g/mol. The molecular weight excluding hydrogens is 522 g/mol. The minimum Gasteiger partial charge on any atom is -0.296 e. The number of benzene rings is 6. The van der Waals surface area contributed by atoms with Gasteiger partial charge in [-0.15, -0.1) is 0 Å². The standard InChI is InChI=1S/C40H29N3/c1-2-38-42-36-19-7-8-20-37(36)43(38)30-13-11-12-29(26-30)40-33-16-5-3-14-31(33)39(32-15-4-6-17-34(32)40)28-23-21-27(22-24-28)35-18-9-10-25-41-35/h3-26H,2H2,1H3. The van der Waals surface area contributed by atoms with Crippen LogP contribution in [0.25, 0.3) is 71.8 Å². The Bertz CT molecular complexity index is 2200. The van der Waals surface area contributed by atoms with Gasteiger partial charge in [-0.05, 0) is 80.2 Å². The first-order valence-electron chi connectivity index (χ1n) is 14.8. The second kappa shape index (κ2) is 10.4. The van der Waals surface area contributed by atoms with Gasteiger partial charge in [-0.3, -0.25) is 9.55 Å². The van der Waals surface area contributed by atoms with Gasteiger partial charge in [-0.1, -0.05) is 110 Å². The third-order valence-electron chi connectivity index (χ3n) is 8.41. The summed E-state index contributed by atoms with van der Waals surface area (Å²) in [5.41, 5.74) is 10.3. The molecule has 0 N–H and O–H groups in total. The molecule has 0 atom stereocenters. The largest absolute Gasteiger partial charge is 0.296 e. The number of para-hydroxylation sites is 2. The maximum atomic E-state index is 4.94. The van der Waals surface area contributed by atoms with Crippen molar-refractivity contribution < 1.29 is 0 Å². The highest BCUT2D eigenvalue weighted by Crippen LogP contribution is 2.44. The maximum Gasteiger partial charge on any atom is 0.114 e. The van der Waals surface area contributed by atoms with Crippen molar-refractivity contribution in [3.8, 4) is 39.2 Å². The number of fused-ring (bicyclic) bond motifs is 3. The van der Waals surface area contributed by atoms with E-state index in [1.54, 1.807) is 0 Å². The molecule has 0 bridgehead atoms. The second-order valence-corrected chi connectivity index (χ2v) is 10.9. The molecule has 0 unspecified atom stereocenters. The highest BCUT2D eigenvalue weighted by molar-refractivity contribution is 6.21. The Labute approximate surface area is 250 Å². The number of rotatable bonds is 5. The summed E-state index contributed by atoms with van der Waals surface area (Å²) in [7, 11) is 0. The minimum absolute atomic E-state index is 0.860. The van der Waals surface area contributed by atoms with E-state index in [4.69, 9.17) is 4.98 Å². The summed E-state index contributed by atoms with van der Waals surface area (Å²) in [6.45, 7) is 2.17. The Morgan fingerprint density at radius 1 is 0.535 bits per heavy atom. The van der Waals surface area contributed by atoms with Gasteiger partial charge in [0.1, 0.15) is 5.82 Å². The molecular formula is C40H29N3. The Balaban J connectivity index is 1.35. The smallest absolute Gasteiger partial charge is 0.114 e. The van der Waals surface area contributed by atoms with Crippen LogP contribution in [0, 0.1) is 0 Å². The summed E-state index contributed by atoms with van der Waals surface area (Å²) in [4.78, 5) is 9.48. The average Bonchev–Trinajstić information content (AvgIpc) is 3.46. The lowest BCUT2D eigenvalue weighted by atomic mass is 9.85. The molecule has 0 spiro atoms. The molecule has 2 aromatic heterocycles. The average molecular weight is 552 g/mol. The molecule has 204 valence electrons. The van der Waals surface area contributed by atoms with Gasteiger partial charge in [-0.25, -0.2) is 4.98 Å². The first-order valence-corrected chi connectivity index (χ1v) is 14.8. The lowest BCUT2D eigenvalue weighted by Gasteiger charge is -2.18. The zero-order valence-electron chi connectivity index (χ0n) is 23.9. The van der Waals surface area contributed by atoms with E-state index in [1.165, 1.54) is 43.8 Å². The Kier molecular flexibility index (Phi) is 6.08. The topological polar surface area (TPSA) is 30.7 Å². The molecule has 0 fully saturated rings. The lowest BCUT2D eigenvalue weighted by Crippen LogP contribution is -2.00. The van der Waals surface area contributed by atoms with Gasteiger partial charge in [0, 0.05) is 23.9 Å². The SMILES string of the molecule is CCc1nc2ccccc2n1-c1cccc(-c2c3ccccc3c(-c3ccc(-c4ccccn4)cc3)c3ccccc23)c1. The second-order valence-electron chi connectivity index (χ2n) is 10.9. The van der Waals surface area contributed by atoms with Crippen LogP contribution < -0.4 is 0 Å². The summed E-state index contributed by atoms with van der Waals surface area (Å²) in [6, 6.07) is 49.8. The fourth-order valence-electron chi connectivity index (χ4n) is 6.49. The van der Waals surface area contributed by atoms with Gasteiger partial charge in [0.2, 0.25) is 0 Å². The molecule has 2 heterocycles. The van der Waals surface area contributed by atoms with Crippen LogP contribution in [0.1, 0.15) is 12.7 Å². The molecule has 8 rings (SSSR count). The summed E-state index contributed by atoms with van der Waals surface area (Å²) < 4.78 is 2.31. The van der Waals surface area contributed by atoms with Gasteiger partial charge in [0.05, 0.1) is 16.7 Å². The third kappa shape index (κ3) is 4.21. The summed E-state index contributed by atoms with van der Waals surface area (Å²) in [6.07, 6.45) is 2.70. The summed E-state index contributed by atoms with van der Waals surface area (Å²) in [5, 5.41) is 4.98. The molecule has 3 nitrogen and oxygen atoms in total. The number of pyridine rings is 1. The van der Waals surface area contributed by atoms with Crippen LogP contribution in [0.15, 0.2) is 146 Å². The van der Waals surface area contributed by atoms with Crippen LogP contribution in [0.3, 0.4) is 0 Å². The number of aryl methyl sites for hydroxylation is 1. The summed E-state index contributed by atoms with van der Waals surface area (Å²) in [5.74, 6) is 1.07. The van der Waals surface area contributed by atoms with Crippen LogP contribution in [0.4, 0.5) is 0 Å². The van der Waals surface area contributed by atoms with Gasteiger partial charge >= 0.3 is 0 Å².